The number of hydrogen-bond acceptors (Lipinski definition) is 8. The Labute approximate surface area is 210 Å². The van der Waals surface area contributed by atoms with E-state index in [-0.39, 0.29) is 36.7 Å². The van der Waals surface area contributed by atoms with Gasteiger partial charge in [-0.05, 0) is 49.9 Å². The Morgan fingerprint density at radius 1 is 1.11 bits per heavy atom. The fraction of sp³-hybridized carbons (Fsp3) is 0.462. The maximum Gasteiger partial charge on any atom is 0.243 e. The highest BCUT2D eigenvalue weighted by molar-refractivity contribution is 6.45. The molecule has 2 heterocycles. The third-order valence-corrected chi connectivity index (χ3v) is 6.61. The first-order valence-electron chi connectivity index (χ1n) is 12.4. The normalized spacial score (nSPS) is 17.6. The molecule has 4 rings (SSSR count). The monoisotopic (exact) mass is 492 g/mol. The van der Waals surface area contributed by atoms with Gasteiger partial charge < -0.3 is 20.3 Å². The van der Waals surface area contributed by atoms with Crippen LogP contribution in [0.15, 0.2) is 36.7 Å². The van der Waals surface area contributed by atoms with E-state index in [4.69, 9.17) is 10.1 Å². The molecule has 0 spiro atoms. The number of likely N-dealkylation sites (tertiary alicyclic amines) is 1. The molecule has 3 N–H and O–H groups in total. The van der Waals surface area contributed by atoms with E-state index >= 15 is 0 Å². The molecule has 0 radical (unpaired) electrons. The van der Waals surface area contributed by atoms with Crippen molar-refractivity contribution in [3.63, 3.8) is 0 Å². The molecule has 10 nitrogen and oxygen atoms in total. The molecule has 2 amide bonds. The summed E-state index contributed by atoms with van der Waals surface area (Å²) in [6.07, 6.45) is 8.93. The lowest BCUT2D eigenvalue weighted by Gasteiger charge is -2.26. The number of Topliss-reactive ketones (excluding diaryl/α,β-unsaturated/α-hetero) is 1. The molecule has 2 aromatic rings. The van der Waals surface area contributed by atoms with E-state index in [9.17, 15) is 14.4 Å². The van der Waals surface area contributed by atoms with Crippen molar-refractivity contribution in [2.45, 2.75) is 64.1 Å². The minimum atomic E-state index is -0.453. The van der Waals surface area contributed by atoms with E-state index in [1.807, 2.05) is 0 Å². The second kappa shape index (κ2) is 11.7. The van der Waals surface area contributed by atoms with Crippen molar-refractivity contribution in [3.05, 3.63) is 48.0 Å². The van der Waals surface area contributed by atoms with E-state index in [1.165, 1.54) is 6.92 Å². The lowest BCUT2D eigenvalue weighted by Crippen LogP contribution is -2.49. The van der Waals surface area contributed by atoms with Crippen LogP contribution in [0.2, 0.25) is 0 Å². The Bertz CT molecular complexity index is 1120. The van der Waals surface area contributed by atoms with Crippen molar-refractivity contribution in [1.82, 2.24) is 20.2 Å². The van der Waals surface area contributed by atoms with Crippen molar-refractivity contribution in [2.24, 2.45) is 0 Å². The first-order chi connectivity index (χ1) is 17.4. The predicted molar refractivity (Wildman–Crippen MR) is 134 cm³/mol. The summed E-state index contributed by atoms with van der Waals surface area (Å²) in [5.41, 5.74) is 0.609. The van der Waals surface area contributed by atoms with Gasteiger partial charge in [-0.1, -0.05) is 12.8 Å². The van der Waals surface area contributed by atoms with Gasteiger partial charge in [0.25, 0.3) is 0 Å². The fourth-order valence-electron chi connectivity index (χ4n) is 4.69. The summed E-state index contributed by atoms with van der Waals surface area (Å²) in [6, 6.07) is 6.43. The molecule has 1 aromatic carbocycles. The number of hydrogen-bond donors (Lipinski definition) is 3. The Hall–Kier alpha value is -3.82. The number of carbonyl (C=O) groups excluding carboxylic acids is 3. The van der Waals surface area contributed by atoms with Gasteiger partial charge in [0.15, 0.2) is 11.6 Å². The van der Waals surface area contributed by atoms with Gasteiger partial charge in [0.05, 0.1) is 6.54 Å². The zero-order valence-corrected chi connectivity index (χ0v) is 20.5. The molecule has 0 bridgehead atoms. The third-order valence-electron chi connectivity index (χ3n) is 6.61. The second-order valence-corrected chi connectivity index (χ2v) is 9.18. The first kappa shape index (κ1) is 25.3. The minimum absolute atomic E-state index is 0.0521. The van der Waals surface area contributed by atoms with Crippen LogP contribution >= 0.6 is 0 Å². The molecule has 1 aliphatic carbocycles. The molecule has 36 heavy (non-hydrogen) atoms. The number of amides is 2. The molecule has 1 aliphatic heterocycles. The molecule has 0 unspecified atom stereocenters. The number of ketones is 1. The summed E-state index contributed by atoms with van der Waals surface area (Å²) in [7, 11) is 0. The average molecular weight is 493 g/mol. The highest BCUT2D eigenvalue weighted by Crippen LogP contribution is 2.25. The van der Waals surface area contributed by atoms with Gasteiger partial charge in [-0.15, -0.1) is 0 Å². The number of nitrogens with one attached hydrogen (secondary N) is 3. The van der Waals surface area contributed by atoms with Crippen molar-refractivity contribution in [3.8, 4) is 5.75 Å². The smallest absolute Gasteiger partial charge is 0.243 e. The summed E-state index contributed by atoms with van der Waals surface area (Å²) in [5, 5.41) is 14.4. The average Bonchev–Trinajstić information content (AvgIpc) is 3.59. The minimum Gasteiger partial charge on any atom is -0.486 e. The number of nitrogens with zero attached hydrogens (tertiary/aromatic N) is 3. The molecule has 1 aromatic heterocycles. The summed E-state index contributed by atoms with van der Waals surface area (Å²) < 4.78 is 5.74. The highest BCUT2D eigenvalue weighted by atomic mass is 16.5. The summed E-state index contributed by atoms with van der Waals surface area (Å²) in [6.45, 7) is 1.94. The molecule has 190 valence electrons. The van der Waals surface area contributed by atoms with E-state index < -0.39 is 11.8 Å². The Morgan fingerprint density at radius 2 is 1.86 bits per heavy atom. The van der Waals surface area contributed by atoms with Gasteiger partial charge >= 0.3 is 0 Å². The topological polar surface area (TPSA) is 137 Å². The van der Waals surface area contributed by atoms with E-state index in [0.29, 0.717) is 35.8 Å². The predicted octanol–water partition coefficient (Wildman–Crippen LogP) is 2.47. The number of ether oxygens (including phenoxy) is 1. The molecular formula is C26H32N6O4. The van der Waals surface area contributed by atoms with Crippen LogP contribution in [0.1, 0.15) is 56.8 Å². The third kappa shape index (κ3) is 6.24. The number of benzene rings is 1. The quantitative estimate of drug-likeness (QED) is 0.433. The summed E-state index contributed by atoms with van der Waals surface area (Å²) >= 11 is 0. The van der Waals surface area contributed by atoms with Crippen molar-refractivity contribution in [1.29, 1.82) is 5.41 Å². The van der Waals surface area contributed by atoms with Gasteiger partial charge in [0, 0.05) is 43.2 Å². The highest BCUT2D eigenvalue weighted by Gasteiger charge is 2.35. The molecule has 2 fully saturated rings. The molecular weight excluding hydrogens is 460 g/mol. The SMILES string of the molecule is CC(=O)C(=N)c1cc(OCc2ncccn2)ccc1NCC(=O)N1CCC[C@H]1C(=O)NC1CCCC1. The van der Waals surface area contributed by atoms with E-state index in [1.54, 1.807) is 41.6 Å². The Morgan fingerprint density at radius 3 is 2.58 bits per heavy atom. The van der Waals surface area contributed by atoms with Crippen LogP contribution in [0.5, 0.6) is 5.75 Å². The van der Waals surface area contributed by atoms with Gasteiger partial charge in [-0.2, -0.15) is 0 Å². The van der Waals surface area contributed by atoms with Crippen molar-refractivity contribution in [2.75, 3.05) is 18.4 Å². The van der Waals surface area contributed by atoms with Crippen LogP contribution in [0.25, 0.3) is 0 Å². The maximum absolute atomic E-state index is 13.0. The van der Waals surface area contributed by atoms with Gasteiger partial charge in [0.1, 0.15) is 24.1 Å². The van der Waals surface area contributed by atoms with Crippen LogP contribution in [-0.4, -0.2) is 63.4 Å². The number of rotatable bonds is 10. The Kier molecular flexibility index (Phi) is 8.24. The van der Waals surface area contributed by atoms with Crippen LogP contribution in [0, 0.1) is 5.41 Å². The number of aromatic nitrogens is 2. The molecule has 10 heteroatoms. The standard InChI is InChI=1S/C26H32N6O4/c1-17(33)25(27)20-14-19(36-16-23-28-11-5-12-29-23)9-10-21(20)30-15-24(34)32-13-4-8-22(32)26(35)31-18-6-2-3-7-18/h5,9-12,14,18,22,27,30H,2-4,6-8,13,15-16H2,1H3,(H,31,35)/t22-/m0/s1. The lowest BCUT2D eigenvalue weighted by molar-refractivity contribution is -0.137. The van der Waals surface area contributed by atoms with E-state index in [2.05, 4.69) is 20.6 Å². The number of carbonyl (C=O) groups is 3. The first-order valence-corrected chi connectivity index (χ1v) is 12.4. The zero-order chi connectivity index (χ0) is 25.5. The maximum atomic E-state index is 13.0. The molecule has 1 saturated heterocycles. The number of anilines is 1. The zero-order valence-electron chi connectivity index (χ0n) is 20.5. The van der Waals surface area contributed by atoms with Crippen LogP contribution < -0.4 is 15.4 Å². The van der Waals surface area contributed by atoms with Gasteiger partial charge in [-0.3, -0.25) is 19.8 Å². The van der Waals surface area contributed by atoms with E-state index in [0.717, 1.165) is 32.1 Å². The fourth-order valence-corrected chi connectivity index (χ4v) is 4.69. The van der Waals surface area contributed by atoms with Crippen LogP contribution in [0.4, 0.5) is 5.69 Å². The molecule has 1 saturated carbocycles. The van der Waals surface area contributed by atoms with Crippen molar-refractivity contribution >= 4 is 29.0 Å². The van der Waals surface area contributed by atoms with Crippen molar-refractivity contribution < 1.29 is 19.1 Å². The lowest BCUT2D eigenvalue weighted by atomic mass is 10.0. The van der Waals surface area contributed by atoms with Gasteiger partial charge in [0.2, 0.25) is 11.8 Å². The van der Waals surface area contributed by atoms with Crippen LogP contribution in [-0.2, 0) is 21.0 Å². The summed E-state index contributed by atoms with van der Waals surface area (Å²) in [4.78, 5) is 47.7. The largest absolute Gasteiger partial charge is 0.486 e. The van der Waals surface area contributed by atoms with Gasteiger partial charge in [-0.25, -0.2) is 9.97 Å². The molecule has 2 aliphatic rings. The molecule has 1 atom stereocenters. The second-order valence-electron chi connectivity index (χ2n) is 9.18. The van der Waals surface area contributed by atoms with Crippen LogP contribution in [0.3, 0.4) is 0 Å². The Balaban J connectivity index is 1.40. The summed E-state index contributed by atoms with van der Waals surface area (Å²) in [5.74, 6) is 0.280.